The Kier molecular flexibility index (Phi) is 5.46. The van der Waals surface area contributed by atoms with Gasteiger partial charge in [0.2, 0.25) is 0 Å². The predicted molar refractivity (Wildman–Crippen MR) is 92.4 cm³/mol. The van der Waals surface area contributed by atoms with E-state index in [1.165, 1.54) is 17.2 Å². The zero-order valence-electron chi connectivity index (χ0n) is 14.4. The molecule has 0 unspecified atom stereocenters. The fourth-order valence-electron chi connectivity index (χ4n) is 2.78. The maximum Gasteiger partial charge on any atom is 0.167 e. The van der Waals surface area contributed by atoms with Gasteiger partial charge in [-0.1, -0.05) is 6.58 Å². The number of nitrogens with two attached hydrogens (primary N) is 2. The van der Waals surface area contributed by atoms with Gasteiger partial charge in [0.25, 0.3) is 0 Å². The number of anilines is 1. The van der Waals surface area contributed by atoms with Gasteiger partial charge in [-0.3, -0.25) is 9.40 Å². The molecule has 4 atom stereocenters. The van der Waals surface area contributed by atoms with Crippen molar-refractivity contribution in [3.8, 4) is 0 Å². The van der Waals surface area contributed by atoms with Crippen molar-refractivity contribution < 1.29 is 19.8 Å². The van der Waals surface area contributed by atoms with Gasteiger partial charge < -0.3 is 26.4 Å². The molecule has 0 radical (unpaired) electrons. The lowest BCUT2D eigenvalue weighted by molar-refractivity contribution is -0.174. The highest BCUT2D eigenvalue weighted by Crippen LogP contribution is 2.32. The molecule has 2 aromatic rings. The number of fused-ring (bicyclic) bond motifs is 1. The van der Waals surface area contributed by atoms with Crippen LogP contribution in [0, 0.1) is 0 Å². The van der Waals surface area contributed by atoms with Crippen LogP contribution in [0.3, 0.4) is 0 Å². The molecule has 3 rings (SSSR count). The summed E-state index contributed by atoms with van der Waals surface area (Å²) in [5.74, 6) is 0.225. The van der Waals surface area contributed by atoms with Crippen molar-refractivity contribution in [3.05, 3.63) is 24.8 Å². The Morgan fingerprint density at radius 1 is 1.38 bits per heavy atom. The van der Waals surface area contributed by atoms with Crippen molar-refractivity contribution in [1.29, 1.82) is 0 Å². The number of aliphatic hydroxyl groups is 2. The van der Waals surface area contributed by atoms with Crippen molar-refractivity contribution in [2.75, 3.05) is 32.5 Å². The van der Waals surface area contributed by atoms with Crippen LogP contribution in [-0.4, -0.2) is 79.9 Å². The number of hydroxylamine groups is 2. The van der Waals surface area contributed by atoms with Gasteiger partial charge in [0, 0.05) is 20.1 Å². The Bertz CT molecular complexity index is 782. The van der Waals surface area contributed by atoms with Gasteiger partial charge in [0.15, 0.2) is 17.7 Å². The summed E-state index contributed by atoms with van der Waals surface area (Å²) in [7, 11) is 1.72. The molecular weight excluding hydrogens is 342 g/mol. The fraction of sp³-hybridized carbons (Fsp3) is 0.533. The first-order chi connectivity index (χ1) is 12.4. The van der Waals surface area contributed by atoms with Crippen LogP contribution in [0.25, 0.3) is 11.2 Å². The molecule has 11 nitrogen and oxygen atoms in total. The lowest BCUT2D eigenvalue weighted by Gasteiger charge is -2.21. The smallest absolute Gasteiger partial charge is 0.167 e. The van der Waals surface area contributed by atoms with Gasteiger partial charge in [-0.2, -0.15) is 5.06 Å². The summed E-state index contributed by atoms with van der Waals surface area (Å²) >= 11 is 0. The Labute approximate surface area is 149 Å². The Morgan fingerprint density at radius 2 is 2.15 bits per heavy atom. The number of nitrogens with zero attached hydrogens (tertiary/aromatic N) is 5. The molecule has 1 saturated heterocycles. The van der Waals surface area contributed by atoms with Gasteiger partial charge in [0.05, 0.1) is 12.9 Å². The van der Waals surface area contributed by atoms with Crippen LogP contribution >= 0.6 is 0 Å². The first kappa shape index (κ1) is 18.6. The summed E-state index contributed by atoms with van der Waals surface area (Å²) in [4.78, 5) is 17.7. The van der Waals surface area contributed by atoms with Crippen molar-refractivity contribution in [1.82, 2.24) is 24.6 Å². The third-order valence-electron chi connectivity index (χ3n) is 4.19. The molecule has 0 amide bonds. The van der Waals surface area contributed by atoms with E-state index in [0.717, 1.165) is 5.57 Å². The average molecular weight is 365 g/mol. The molecule has 6 N–H and O–H groups in total. The summed E-state index contributed by atoms with van der Waals surface area (Å²) in [6.45, 7) is 4.66. The largest absolute Gasteiger partial charge is 0.387 e. The SMILES string of the molecule is C=C(CN)CN(C)OC[C@H]1O[C@@H](n2cnc3c(N)ncnc32)[C@H](O)[C@@H]1O. The van der Waals surface area contributed by atoms with Crippen molar-refractivity contribution in [2.24, 2.45) is 5.73 Å². The quantitative estimate of drug-likeness (QED) is 0.333. The number of aromatic nitrogens is 4. The molecule has 11 heteroatoms. The van der Waals surface area contributed by atoms with Crippen LogP contribution in [0.5, 0.6) is 0 Å². The third-order valence-corrected chi connectivity index (χ3v) is 4.19. The van der Waals surface area contributed by atoms with Crippen LogP contribution in [0.2, 0.25) is 0 Å². The summed E-state index contributed by atoms with van der Waals surface area (Å²) in [5.41, 5.74) is 12.9. The number of nitrogen functional groups attached to an aromatic ring is 1. The van der Waals surface area contributed by atoms with E-state index in [4.69, 9.17) is 21.0 Å². The zero-order chi connectivity index (χ0) is 18.8. The molecule has 0 saturated carbocycles. The zero-order valence-corrected chi connectivity index (χ0v) is 14.4. The van der Waals surface area contributed by atoms with Gasteiger partial charge in [0.1, 0.15) is 30.2 Å². The molecule has 26 heavy (non-hydrogen) atoms. The van der Waals surface area contributed by atoms with E-state index in [-0.39, 0.29) is 12.4 Å². The van der Waals surface area contributed by atoms with E-state index in [2.05, 4.69) is 21.5 Å². The summed E-state index contributed by atoms with van der Waals surface area (Å²) < 4.78 is 7.30. The Balaban J connectivity index is 1.69. The average Bonchev–Trinajstić information content (AvgIpc) is 3.16. The van der Waals surface area contributed by atoms with Crippen LogP contribution in [0.1, 0.15) is 6.23 Å². The van der Waals surface area contributed by atoms with Gasteiger partial charge in [-0.15, -0.1) is 0 Å². The number of hydrogen-bond donors (Lipinski definition) is 4. The number of ether oxygens (including phenoxy) is 1. The van der Waals surface area contributed by atoms with E-state index < -0.39 is 24.5 Å². The van der Waals surface area contributed by atoms with Crippen molar-refractivity contribution in [3.63, 3.8) is 0 Å². The fourth-order valence-corrected chi connectivity index (χ4v) is 2.78. The van der Waals surface area contributed by atoms with Crippen molar-refractivity contribution in [2.45, 2.75) is 24.5 Å². The van der Waals surface area contributed by atoms with Crippen molar-refractivity contribution >= 4 is 17.0 Å². The molecule has 1 aliphatic heterocycles. The maximum absolute atomic E-state index is 10.4. The molecule has 0 aliphatic carbocycles. The number of rotatable bonds is 7. The lowest BCUT2D eigenvalue weighted by atomic mass is 10.1. The van der Waals surface area contributed by atoms with Gasteiger partial charge in [-0.05, 0) is 5.57 Å². The minimum atomic E-state index is -1.18. The monoisotopic (exact) mass is 365 g/mol. The second kappa shape index (κ2) is 7.61. The number of aliphatic hydroxyl groups excluding tert-OH is 2. The van der Waals surface area contributed by atoms with E-state index in [0.29, 0.717) is 24.3 Å². The van der Waals surface area contributed by atoms with E-state index in [1.807, 2.05) is 0 Å². The third kappa shape index (κ3) is 3.53. The summed E-state index contributed by atoms with van der Waals surface area (Å²) in [6.07, 6.45) is -1.18. The van der Waals surface area contributed by atoms with E-state index >= 15 is 0 Å². The molecule has 1 aliphatic rings. The van der Waals surface area contributed by atoms with Crippen LogP contribution < -0.4 is 11.5 Å². The second-order valence-electron chi connectivity index (χ2n) is 6.17. The van der Waals surface area contributed by atoms with Crippen LogP contribution in [0.4, 0.5) is 5.82 Å². The standard InChI is InChI=1S/C15H23N7O4/c1-8(3-16)4-21(2)25-5-9-11(23)12(24)15(26-9)22-7-20-10-13(17)18-6-19-14(10)22/h6-7,9,11-12,15,23-24H,1,3-5,16H2,2H3,(H2,17,18,19)/t9-,11-,12-,15-/m1/s1. The highest BCUT2D eigenvalue weighted by molar-refractivity contribution is 5.81. The topological polar surface area (TPSA) is 158 Å². The number of imidazole rings is 1. The lowest BCUT2D eigenvalue weighted by Crippen LogP contribution is -2.36. The maximum atomic E-state index is 10.4. The van der Waals surface area contributed by atoms with Crippen LogP contribution in [-0.2, 0) is 9.57 Å². The highest BCUT2D eigenvalue weighted by Gasteiger charge is 2.44. The number of hydrogen-bond acceptors (Lipinski definition) is 10. The minimum absolute atomic E-state index is 0.0484. The van der Waals surface area contributed by atoms with Gasteiger partial charge >= 0.3 is 0 Å². The van der Waals surface area contributed by atoms with Gasteiger partial charge in [-0.25, -0.2) is 15.0 Å². The molecule has 3 heterocycles. The molecule has 2 aromatic heterocycles. The summed E-state index contributed by atoms with van der Waals surface area (Å²) in [5, 5.41) is 22.2. The molecule has 1 fully saturated rings. The first-order valence-electron chi connectivity index (χ1n) is 8.07. The molecular formula is C15H23N7O4. The highest BCUT2D eigenvalue weighted by atomic mass is 16.7. The second-order valence-corrected chi connectivity index (χ2v) is 6.17. The van der Waals surface area contributed by atoms with E-state index in [9.17, 15) is 10.2 Å². The van der Waals surface area contributed by atoms with E-state index in [1.54, 1.807) is 12.1 Å². The Morgan fingerprint density at radius 3 is 2.88 bits per heavy atom. The predicted octanol–water partition coefficient (Wildman–Crippen LogP) is -1.59. The molecule has 142 valence electrons. The number of likely N-dealkylation sites (N-methyl/N-ethyl adjacent to an activating group) is 1. The molecule has 0 aromatic carbocycles. The van der Waals surface area contributed by atoms with Crippen LogP contribution in [0.15, 0.2) is 24.8 Å². The minimum Gasteiger partial charge on any atom is -0.387 e. The Hall–Kier alpha value is -2.15. The normalized spacial score (nSPS) is 26.0. The molecule has 0 spiro atoms. The first-order valence-corrected chi connectivity index (χ1v) is 8.07. The summed E-state index contributed by atoms with van der Waals surface area (Å²) in [6, 6.07) is 0. The molecule has 0 bridgehead atoms.